The van der Waals surface area contributed by atoms with E-state index in [-0.39, 0.29) is 5.97 Å². The Bertz CT molecular complexity index is 399. The quantitative estimate of drug-likeness (QED) is 0.665. The minimum atomic E-state index is -1.00. The first-order valence-corrected chi connectivity index (χ1v) is 4.98. The first-order valence-electron chi connectivity index (χ1n) is 4.98. The molecule has 0 radical (unpaired) electrons. The van der Waals surface area contributed by atoms with Crippen LogP contribution in [0.25, 0.3) is 0 Å². The van der Waals surface area contributed by atoms with Crippen LogP contribution in [0.2, 0.25) is 0 Å². The molecule has 0 saturated carbocycles. The van der Waals surface area contributed by atoms with Crippen LogP contribution in [0.4, 0.5) is 0 Å². The van der Waals surface area contributed by atoms with Crippen molar-refractivity contribution in [1.82, 2.24) is 9.78 Å². The fraction of sp³-hybridized carbons (Fsp3) is 0.600. The molecule has 2 rings (SSSR count). The SMILES string of the molecule is COC(=O)C1(N)CCCc2nn(C)cc21. The summed E-state index contributed by atoms with van der Waals surface area (Å²) in [7, 11) is 3.19. The van der Waals surface area contributed by atoms with Crippen LogP contribution >= 0.6 is 0 Å². The van der Waals surface area contributed by atoms with Crippen LogP contribution in [-0.4, -0.2) is 22.9 Å². The molecular formula is C10H15N3O2. The van der Waals surface area contributed by atoms with Gasteiger partial charge in [-0.2, -0.15) is 5.10 Å². The van der Waals surface area contributed by atoms with Crippen LogP contribution in [0.5, 0.6) is 0 Å². The molecule has 1 aromatic rings. The van der Waals surface area contributed by atoms with Crippen molar-refractivity contribution in [2.75, 3.05) is 7.11 Å². The number of hydrogen-bond donors (Lipinski definition) is 1. The lowest BCUT2D eigenvalue weighted by atomic mass is 9.80. The summed E-state index contributed by atoms with van der Waals surface area (Å²) in [5.41, 5.74) is 6.83. The van der Waals surface area contributed by atoms with Gasteiger partial charge in [0.05, 0.1) is 12.8 Å². The van der Waals surface area contributed by atoms with Crippen molar-refractivity contribution < 1.29 is 9.53 Å². The Hall–Kier alpha value is -1.36. The van der Waals surface area contributed by atoms with Gasteiger partial charge in [-0.15, -0.1) is 0 Å². The summed E-state index contributed by atoms with van der Waals surface area (Å²) < 4.78 is 6.45. The van der Waals surface area contributed by atoms with Crippen molar-refractivity contribution in [3.05, 3.63) is 17.5 Å². The molecule has 0 saturated heterocycles. The van der Waals surface area contributed by atoms with E-state index in [1.165, 1.54) is 7.11 Å². The van der Waals surface area contributed by atoms with Crippen LogP contribution in [0.3, 0.4) is 0 Å². The average Bonchev–Trinajstić information content (AvgIpc) is 2.59. The van der Waals surface area contributed by atoms with Crippen molar-refractivity contribution in [2.24, 2.45) is 12.8 Å². The van der Waals surface area contributed by atoms with E-state index in [1.807, 2.05) is 13.2 Å². The molecule has 1 aliphatic carbocycles. The molecule has 1 atom stereocenters. The highest BCUT2D eigenvalue weighted by atomic mass is 16.5. The molecule has 0 spiro atoms. The fourth-order valence-electron chi connectivity index (χ4n) is 2.16. The van der Waals surface area contributed by atoms with E-state index in [9.17, 15) is 4.79 Å². The maximum atomic E-state index is 11.7. The summed E-state index contributed by atoms with van der Waals surface area (Å²) in [6.07, 6.45) is 4.19. The molecule has 0 aliphatic heterocycles. The number of methoxy groups -OCH3 is 1. The van der Waals surface area contributed by atoms with Gasteiger partial charge in [0.1, 0.15) is 5.54 Å². The first-order chi connectivity index (χ1) is 7.08. The van der Waals surface area contributed by atoms with Gasteiger partial charge in [-0.25, -0.2) is 4.79 Å². The van der Waals surface area contributed by atoms with Gasteiger partial charge < -0.3 is 10.5 Å². The van der Waals surface area contributed by atoms with Gasteiger partial charge in [0.15, 0.2) is 0 Å². The van der Waals surface area contributed by atoms with Crippen molar-refractivity contribution in [3.63, 3.8) is 0 Å². The molecule has 1 heterocycles. The van der Waals surface area contributed by atoms with Crippen LogP contribution in [0.1, 0.15) is 24.1 Å². The molecular weight excluding hydrogens is 194 g/mol. The molecule has 0 amide bonds. The van der Waals surface area contributed by atoms with Crippen molar-refractivity contribution in [2.45, 2.75) is 24.8 Å². The summed E-state index contributed by atoms with van der Waals surface area (Å²) in [5.74, 6) is -0.378. The molecule has 15 heavy (non-hydrogen) atoms. The molecule has 82 valence electrons. The standard InChI is InChI=1S/C10H15N3O2/c1-13-6-7-8(12-13)4-3-5-10(7,11)9(14)15-2/h6H,3-5,11H2,1-2H3. The Labute approximate surface area is 88.2 Å². The number of ether oxygens (including phenoxy) is 1. The Balaban J connectivity index is 2.48. The van der Waals surface area contributed by atoms with E-state index in [4.69, 9.17) is 10.5 Å². The number of esters is 1. The van der Waals surface area contributed by atoms with Crippen molar-refractivity contribution in [3.8, 4) is 0 Å². The van der Waals surface area contributed by atoms with E-state index in [2.05, 4.69) is 5.10 Å². The van der Waals surface area contributed by atoms with Gasteiger partial charge in [-0.3, -0.25) is 4.68 Å². The van der Waals surface area contributed by atoms with Crippen molar-refractivity contribution in [1.29, 1.82) is 0 Å². The van der Waals surface area contributed by atoms with Gasteiger partial charge in [0.25, 0.3) is 0 Å². The minimum absolute atomic E-state index is 0.378. The molecule has 0 bridgehead atoms. The van der Waals surface area contributed by atoms with Crippen LogP contribution in [0, 0.1) is 0 Å². The van der Waals surface area contributed by atoms with E-state index >= 15 is 0 Å². The summed E-state index contributed by atoms with van der Waals surface area (Å²) >= 11 is 0. The molecule has 1 aliphatic rings. The second-order valence-corrected chi connectivity index (χ2v) is 3.98. The Morgan fingerprint density at radius 3 is 3.13 bits per heavy atom. The zero-order valence-corrected chi connectivity index (χ0v) is 8.99. The predicted octanol–water partition coefficient (Wildman–Crippen LogP) is 0.0834. The minimum Gasteiger partial charge on any atom is -0.467 e. The Morgan fingerprint density at radius 1 is 1.73 bits per heavy atom. The number of rotatable bonds is 1. The Morgan fingerprint density at radius 2 is 2.47 bits per heavy atom. The normalized spacial score (nSPS) is 24.7. The number of carbonyl (C=O) groups is 1. The van der Waals surface area contributed by atoms with Gasteiger partial charge in [0, 0.05) is 18.8 Å². The van der Waals surface area contributed by atoms with Gasteiger partial charge in [-0.1, -0.05) is 0 Å². The number of aromatic nitrogens is 2. The number of aryl methyl sites for hydroxylation is 2. The number of nitrogens with zero attached hydrogens (tertiary/aromatic N) is 2. The van der Waals surface area contributed by atoms with E-state index < -0.39 is 5.54 Å². The van der Waals surface area contributed by atoms with Crippen LogP contribution in [-0.2, 0) is 28.5 Å². The number of fused-ring (bicyclic) bond motifs is 1. The van der Waals surface area contributed by atoms with Crippen molar-refractivity contribution >= 4 is 5.97 Å². The van der Waals surface area contributed by atoms with Crippen LogP contribution in [0.15, 0.2) is 6.20 Å². The lowest BCUT2D eigenvalue weighted by molar-refractivity contribution is -0.148. The lowest BCUT2D eigenvalue weighted by Crippen LogP contribution is -2.47. The van der Waals surface area contributed by atoms with Gasteiger partial charge >= 0.3 is 5.97 Å². The van der Waals surface area contributed by atoms with E-state index in [0.29, 0.717) is 6.42 Å². The van der Waals surface area contributed by atoms with E-state index in [0.717, 1.165) is 24.1 Å². The molecule has 0 aromatic carbocycles. The molecule has 1 aromatic heterocycles. The van der Waals surface area contributed by atoms with Crippen LogP contribution < -0.4 is 5.73 Å². The van der Waals surface area contributed by atoms with Gasteiger partial charge in [-0.05, 0) is 19.3 Å². The summed E-state index contributed by atoms with van der Waals surface area (Å²) in [6.45, 7) is 0. The Kier molecular flexibility index (Phi) is 2.26. The molecule has 2 N–H and O–H groups in total. The number of nitrogens with two attached hydrogens (primary N) is 1. The highest BCUT2D eigenvalue weighted by Gasteiger charge is 2.42. The zero-order chi connectivity index (χ0) is 11.1. The third-order valence-corrected chi connectivity index (χ3v) is 2.92. The summed E-state index contributed by atoms with van der Waals surface area (Å²) in [6, 6.07) is 0. The summed E-state index contributed by atoms with van der Waals surface area (Å²) in [4.78, 5) is 11.7. The topological polar surface area (TPSA) is 70.1 Å². The van der Waals surface area contributed by atoms with Gasteiger partial charge in [0.2, 0.25) is 0 Å². The maximum absolute atomic E-state index is 11.7. The predicted molar refractivity (Wildman–Crippen MR) is 54.0 cm³/mol. The lowest BCUT2D eigenvalue weighted by Gasteiger charge is -2.29. The van der Waals surface area contributed by atoms with E-state index in [1.54, 1.807) is 4.68 Å². The highest BCUT2D eigenvalue weighted by Crippen LogP contribution is 2.33. The number of hydrogen-bond acceptors (Lipinski definition) is 4. The summed E-state index contributed by atoms with van der Waals surface area (Å²) in [5, 5.41) is 4.29. The third-order valence-electron chi connectivity index (χ3n) is 2.92. The monoisotopic (exact) mass is 209 g/mol. The zero-order valence-electron chi connectivity index (χ0n) is 8.99. The number of carbonyl (C=O) groups excluding carboxylic acids is 1. The molecule has 5 heteroatoms. The smallest absolute Gasteiger partial charge is 0.330 e. The second-order valence-electron chi connectivity index (χ2n) is 3.98. The molecule has 1 unspecified atom stereocenters. The first kappa shape index (κ1) is 10.2. The molecule has 0 fully saturated rings. The second kappa shape index (κ2) is 3.34. The third kappa shape index (κ3) is 1.43. The maximum Gasteiger partial charge on any atom is 0.330 e. The molecule has 5 nitrogen and oxygen atoms in total. The largest absolute Gasteiger partial charge is 0.467 e. The highest BCUT2D eigenvalue weighted by molar-refractivity contribution is 5.82. The average molecular weight is 209 g/mol. The fourth-order valence-corrected chi connectivity index (χ4v) is 2.16.